The fourth-order valence-corrected chi connectivity index (χ4v) is 1.63. The lowest BCUT2D eigenvalue weighted by molar-refractivity contribution is 0.150. The average Bonchev–Trinajstić information content (AvgIpc) is 2.34. The van der Waals surface area contributed by atoms with E-state index in [9.17, 15) is 0 Å². The summed E-state index contributed by atoms with van der Waals surface area (Å²) in [5.74, 6) is 0.177. The van der Waals surface area contributed by atoms with Crippen molar-refractivity contribution in [3.8, 4) is 5.75 Å². The van der Waals surface area contributed by atoms with Crippen molar-refractivity contribution in [2.75, 3.05) is 6.61 Å². The summed E-state index contributed by atoms with van der Waals surface area (Å²) in [6.07, 6.45) is 0.886. The van der Waals surface area contributed by atoms with E-state index in [0.29, 0.717) is 5.75 Å². The van der Waals surface area contributed by atoms with Gasteiger partial charge in [0.25, 0.3) is 3.79 Å². The molecule has 0 aromatic heterocycles. The summed E-state index contributed by atoms with van der Waals surface area (Å²) in [5, 5.41) is 7.47. The molecule has 0 radical (unpaired) electrons. The SMILES string of the molecule is C=CC(COc1ccccc1Br)OC(=N)C(Cl)(Cl)Cl. The Balaban J connectivity index is 2.57. The largest absolute Gasteiger partial charge is 0.488 e. The van der Waals surface area contributed by atoms with E-state index in [2.05, 4.69) is 22.5 Å². The van der Waals surface area contributed by atoms with Gasteiger partial charge in [-0.1, -0.05) is 53.5 Å². The first-order valence-electron chi connectivity index (χ1n) is 5.17. The van der Waals surface area contributed by atoms with Gasteiger partial charge in [0.1, 0.15) is 12.4 Å². The highest BCUT2D eigenvalue weighted by Gasteiger charge is 2.30. The van der Waals surface area contributed by atoms with E-state index < -0.39 is 15.8 Å². The Hall–Kier alpha value is -0.420. The molecule has 1 N–H and O–H groups in total. The monoisotopic (exact) mass is 385 g/mol. The molecule has 0 aliphatic rings. The molecular weight excluding hydrogens is 376 g/mol. The van der Waals surface area contributed by atoms with E-state index in [1.165, 1.54) is 6.08 Å². The van der Waals surface area contributed by atoms with Crippen molar-refractivity contribution in [1.82, 2.24) is 0 Å². The molecule has 19 heavy (non-hydrogen) atoms. The molecule has 0 saturated heterocycles. The number of nitrogens with one attached hydrogen (secondary N) is 1. The zero-order valence-corrected chi connectivity index (χ0v) is 13.6. The van der Waals surface area contributed by atoms with E-state index in [1.807, 2.05) is 18.2 Å². The molecule has 0 bridgehead atoms. The molecule has 0 amide bonds. The van der Waals surface area contributed by atoms with Crippen molar-refractivity contribution < 1.29 is 9.47 Å². The first-order chi connectivity index (χ1) is 8.84. The fraction of sp³-hybridized carbons (Fsp3) is 0.250. The molecule has 0 aliphatic heterocycles. The average molecular weight is 387 g/mol. The van der Waals surface area contributed by atoms with E-state index in [4.69, 9.17) is 49.7 Å². The van der Waals surface area contributed by atoms with Crippen molar-refractivity contribution in [3.05, 3.63) is 41.4 Å². The maximum atomic E-state index is 7.47. The van der Waals surface area contributed by atoms with E-state index in [1.54, 1.807) is 6.07 Å². The smallest absolute Gasteiger partial charge is 0.265 e. The van der Waals surface area contributed by atoms with Crippen LogP contribution in [0.4, 0.5) is 0 Å². The van der Waals surface area contributed by atoms with E-state index in [0.717, 1.165) is 4.47 Å². The van der Waals surface area contributed by atoms with Gasteiger partial charge in [-0.3, -0.25) is 5.41 Å². The van der Waals surface area contributed by atoms with Gasteiger partial charge in [-0.2, -0.15) is 0 Å². The molecule has 1 unspecified atom stereocenters. The Labute approximate surface area is 135 Å². The third-order valence-corrected chi connectivity index (χ3v) is 3.20. The predicted octanol–water partition coefficient (Wildman–Crippen LogP) is 4.75. The highest BCUT2D eigenvalue weighted by atomic mass is 79.9. The lowest BCUT2D eigenvalue weighted by Crippen LogP contribution is -2.29. The molecule has 0 aliphatic carbocycles. The number of hydrogen-bond acceptors (Lipinski definition) is 3. The Morgan fingerprint density at radius 3 is 2.58 bits per heavy atom. The first-order valence-corrected chi connectivity index (χ1v) is 7.09. The number of para-hydroxylation sites is 1. The summed E-state index contributed by atoms with van der Waals surface area (Å²) in [6, 6.07) is 7.36. The summed E-state index contributed by atoms with van der Waals surface area (Å²) in [5.41, 5.74) is 0. The van der Waals surface area contributed by atoms with Gasteiger partial charge in [0.05, 0.1) is 4.47 Å². The van der Waals surface area contributed by atoms with Crippen molar-refractivity contribution in [2.24, 2.45) is 0 Å². The van der Waals surface area contributed by atoms with Crippen molar-refractivity contribution in [2.45, 2.75) is 9.90 Å². The van der Waals surface area contributed by atoms with Crippen molar-refractivity contribution in [1.29, 1.82) is 5.41 Å². The Morgan fingerprint density at radius 2 is 2.05 bits per heavy atom. The van der Waals surface area contributed by atoms with E-state index >= 15 is 0 Å². The van der Waals surface area contributed by atoms with Crippen LogP contribution in [0.5, 0.6) is 5.75 Å². The van der Waals surface area contributed by atoms with Crippen LogP contribution < -0.4 is 4.74 Å². The lowest BCUT2D eigenvalue weighted by atomic mass is 10.3. The molecule has 1 atom stereocenters. The van der Waals surface area contributed by atoms with Crippen molar-refractivity contribution >= 4 is 56.6 Å². The molecule has 3 nitrogen and oxygen atoms in total. The summed E-state index contributed by atoms with van der Waals surface area (Å²) in [6.45, 7) is 3.74. The highest BCUT2D eigenvalue weighted by molar-refractivity contribution is 9.10. The number of benzene rings is 1. The second kappa shape index (κ2) is 7.39. The lowest BCUT2D eigenvalue weighted by Gasteiger charge is -2.20. The minimum atomic E-state index is -1.89. The molecule has 0 fully saturated rings. The molecule has 0 heterocycles. The van der Waals surface area contributed by atoms with Gasteiger partial charge in [-0.25, -0.2) is 0 Å². The zero-order chi connectivity index (χ0) is 14.5. The number of halogens is 4. The number of rotatable bonds is 5. The van der Waals surface area contributed by atoms with Crippen LogP contribution in [0, 0.1) is 5.41 Å². The molecule has 7 heteroatoms. The second-order valence-corrected chi connectivity index (χ2v) is 6.60. The third kappa shape index (κ3) is 5.61. The van der Waals surface area contributed by atoms with Crippen LogP contribution in [0.15, 0.2) is 41.4 Å². The zero-order valence-electron chi connectivity index (χ0n) is 9.71. The number of hydrogen-bond donors (Lipinski definition) is 1. The fourth-order valence-electron chi connectivity index (χ4n) is 1.10. The van der Waals surface area contributed by atoms with Crippen LogP contribution in [0.1, 0.15) is 0 Å². The Morgan fingerprint density at radius 1 is 1.42 bits per heavy atom. The van der Waals surface area contributed by atoms with Crippen LogP contribution in [-0.2, 0) is 4.74 Å². The molecule has 1 aromatic carbocycles. The standard InChI is InChI=1S/C12H11BrCl3NO2/c1-2-8(19-11(17)12(14,15)16)7-18-10-6-4-3-5-9(10)13/h2-6,8,17H,1,7H2. The van der Waals surface area contributed by atoms with Crippen LogP contribution in [-0.4, -0.2) is 22.4 Å². The minimum absolute atomic E-state index is 0.148. The summed E-state index contributed by atoms with van der Waals surface area (Å²) in [7, 11) is 0. The first kappa shape index (κ1) is 16.6. The van der Waals surface area contributed by atoms with Gasteiger partial charge in [0.15, 0.2) is 6.10 Å². The summed E-state index contributed by atoms with van der Waals surface area (Å²) >= 11 is 19.9. The normalized spacial score (nSPS) is 12.6. The second-order valence-electron chi connectivity index (χ2n) is 3.46. The Kier molecular flexibility index (Phi) is 6.47. The van der Waals surface area contributed by atoms with Crippen LogP contribution >= 0.6 is 50.7 Å². The van der Waals surface area contributed by atoms with Gasteiger partial charge in [-0.05, 0) is 34.1 Å². The van der Waals surface area contributed by atoms with Crippen LogP contribution in [0.25, 0.3) is 0 Å². The van der Waals surface area contributed by atoms with Gasteiger partial charge in [0, 0.05) is 0 Å². The summed E-state index contributed by atoms with van der Waals surface area (Å²) < 4.78 is 9.61. The molecular formula is C12H11BrCl3NO2. The molecule has 1 aromatic rings. The third-order valence-electron chi connectivity index (χ3n) is 2.03. The Bertz CT molecular complexity index is 463. The predicted molar refractivity (Wildman–Crippen MR) is 82.7 cm³/mol. The van der Waals surface area contributed by atoms with Crippen LogP contribution in [0.3, 0.4) is 0 Å². The molecule has 1 rings (SSSR count). The van der Waals surface area contributed by atoms with Crippen molar-refractivity contribution in [3.63, 3.8) is 0 Å². The maximum Gasteiger partial charge on any atom is 0.265 e. The number of alkyl halides is 3. The minimum Gasteiger partial charge on any atom is -0.488 e. The number of ether oxygens (including phenoxy) is 2. The van der Waals surface area contributed by atoms with Gasteiger partial charge >= 0.3 is 0 Å². The van der Waals surface area contributed by atoms with E-state index in [-0.39, 0.29) is 6.61 Å². The molecule has 104 valence electrons. The highest BCUT2D eigenvalue weighted by Crippen LogP contribution is 2.29. The van der Waals surface area contributed by atoms with Gasteiger partial charge < -0.3 is 9.47 Å². The summed E-state index contributed by atoms with van der Waals surface area (Å²) in [4.78, 5) is 0. The van der Waals surface area contributed by atoms with Crippen LogP contribution in [0.2, 0.25) is 0 Å². The topological polar surface area (TPSA) is 42.3 Å². The van der Waals surface area contributed by atoms with Gasteiger partial charge in [0.2, 0.25) is 5.90 Å². The molecule has 0 saturated carbocycles. The maximum absolute atomic E-state index is 7.47. The van der Waals surface area contributed by atoms with Gasteiger partial charge in [-0.15, -0.1) is 0 Å². The molecule has 0 spiro atoms. The quantitative estimate of drug-likeness (QED) is 0.343.